The molecule has 0 saturated carbocycles. The maximum atomic E-state index is 12.6. The molecule has 0 aromatic heterocycles. The van der Waals surface area contributed by atoms with Gasteiger partial charge in [0.15, 0.2) is 0 Å². The number of halogens is 5. The van der Waals surface area contributed by atoms with Crippen LogP contribution < -0.4 is 5.73 Å². The summed E-state index contributed by atoms with van der Waals surface area (Å²) in [5.74, 6) is -0.583. The van der Waals surface area contributed by atoms with Crippen LogP contribution in [0.5, 0.6) is 0 Å². The van der Waals surface area contributed by atoms with Gasteiger partial charge in [0.2, 0.25) is 0 Å². The fraction of sp³-hybridized carbons (Fsp3) is 0.333. The minimum absolute atomic E-state index is 0. The molecule has 1 rings (SSSR count). The van der Waals surface area contributed by atoms with Gasteiger partial charge in [0.05, 0.1) is 6.42 Å². The Morgan fingerprint density at radius 2 is 1.87 bits per heavy atom. The van der Waals surface area contributed by atoms with E-state index in [0.29, 0.717) is 0 Å². The van der Waals surface area contributed by atoms with Gasteiger partial charge in [0.1, 0.15) is 5.82 Å². The normalized spacial score (nSPS) is 13.1. The fourth-order valence-corrected chi connectivity index (χ4v) is 1.10. The highest BCUT2D eigenvalue weighted by Gasteiger charge is 2.30. The highest BCUT2D eigenvalue weighted by Crippen LogP contribution is 2.27. The van der Waals surface area contributed by atoms with Crippen LogP contribution in [0.2, 0.25) is 0 Å². The first-order valence-corrected chi connectivity index (χ1v) is 3.96. The molecule has 0 saturated heterocycles. The van der Waals surface area contributed by atoms with Gasteiger partial charge in [0.25, 0.3) is 0 Å². The van der Waals surface area contributed by atoms with Gasteiger partial charge >= 0.3 is 6.18 Å². The molecular formula is C9H10ClF4N. The van der Waals surface area contributed by atoms with Crippen molar-refractivity contribution in [2.24, 2.45) is 5.73 Å². The summed E-state index contributed by atoms with van der Waals surface area (Å²) >= 11 is 0. The number of benzene rings is 1. The van der Waals surface area contributed by atoms with Crippen molar-refractivity contribution < 1.29 is 17.6 Å². The van der Waals surface area contributed by atoms with Gasteiger partial charge in [-0.1, -0.05) is 12.1 Å². The molecule has 2 N–H and O–H groups in total. The van der Waals surface area contributed by atoms with Crippen LogP contribution >= 0.6 is 12.4 Å². The summed E-state index contributed by atoms with van der Waals surface area (Å²) in [6.07, 6.45) is -5.47. The smallest absolute Gasteiger partial charge is 0.324 e. The third kappa shape index (κ3) is 4.99. The van der Waals surface area contributed by atoms with Crippen molar-refractivity contribution in [3.8, 4) is 0 Å². The maximum absolute atomic E-state index is 12.6. The SMILES string of the molecule is Cl.N[C@@H](CC(F)(F)F)c1cccc(F)c1. The van der Waals surface area contributed by atoms with Crippen molar-refractivity contribution in [3.63, 3.8) is 0 Å². The second kappa shape index (κ2) is 5.32. The monoisotopic (exact) mass is 243 g/mol. The first-order valence-electron chi connectivity index (χ1n) is 3.96. The summed E-state index contributed by atoms with van der Waals surface area (Å²) in [4.78, 5) is 0. The molecule has 0 spiro atoms. The molecular weight excluding hydrogens is 234 g/mol. The van der Waals surface area contributed by atoms with E-state index in [9.17, 15) is 17.6 Å². The number of hydrogen-bond donors (Lipinski definition) is 1. The number of alkyl halides is 3. The molecule has 1 aromatic rings. The summed E-state index contributed by atoms with van der Waals surface area (Å²) in [5.41, 5.74) is 5.42. The second-order valence-electron chi connectivity index (χ2n) is 2.98. The standard InChI is InChI=1S/C9H9F4N.ClH/c10-7-3-1-2-6(4-7)8(14)5-9(11,12)13;/h1-4,8H,5,14H2;1H/t8-;/m0./s1. The van der Waals surface area contributed by atoms with Crippen LogP contribution in [0, 0.1) is 5.82 Å². The van der Waals surface area contributed by atoms with Crippen molar-refractivity contribution in [2.75, 3.05) is 0 Å². The molecule has 1 nitrogen and oxygen atoms in total. The minimum atomic E-state index is -4.33. The Labute approximate surface area is 90.7 Å². The van der Waals surface area contributed by atoms with Gasteiger partial charge in [-0.3, -0.25) is 0 Å². The van der Waals surface area contributed by atoms with E-state index in [1.807, 2.05) is 0 Å². The third-order valence-electron chi connectivity index (χ3n) is 1.73. The fourth-order valence-electron chi connectivity index (χ4n) is 1.10. The zero-order valence-corrected chi connectivity index (χ0v) is 8.41. The third-order valence-corrected chi connectivity index (χ3v) is 1.73. The van der Waals surface area contributed by atoms with E-state index < -0.39 is 24.5 Å². The average Bonchev–Trinajstić information content (AvgIpc) is 2.01. The molecule has 0 heterocycles. The number of nitrogens with two attached hydrogens (primary N) is 1. The first kappa shape index (κ1) is 14.2. The Hall–Kier alpha value is -0.810. The number of hydrogen-bond acceptors (Lipinski definition) is 1. The molecule has 1 atom stereocenters. The van der Waals surface area contributed by atoms with Crippen LogP contribution in [0.1, 0.15) is 18.0 Å². The summed E-state index contributed by atoms with van der Waals surface area (Å²) in [7, 11) is 0. The average molecular weight is 244 g/mol. The van der Waals surface area contributed by atoms with Gasteiger partial charge in [-0.2, -0.15) is 13.2 Å². The Morgan fingerprint density at radius 1 is 1.27 bits per heavy atom. The first-order chi connectivity index (χ1) is 6.38. The molecule has 0 radical (unpaired) electrons. The van der Waals surface area contributed by atoms with Crippen LogP contribution in [0.4, 0.5) is 17.6 Å². The van der Waals surface area contributed by atoms with Crippen LogP contribution in [-0.4, -0.2) is 6.18 Å². The molecule has 0 unspecified atom stereocenters. The van der Waals surface area contributed by atoms with Crippen molar-refractivity contribution in [2.45, 2.75) is 18.6 Å². The van der Waals surface area contributed by atoms with E-state index in [1.165, 1.54) is 12.1 Å². The van der Waals surface area contributed by atoms with E-state index >= 15 is 0 Å². The number of rotatable bonds is 2. The molecule has 0 fully saturated rings. The zero-order chi connectivity index (χ0) is 10.8. The Bertz CT molecular complexity index is 313. The molecule has 15 heavy (non-hydrogen) atoms. The van der Waals surface area contributed by atoms with E-state index in [4.69, 9.17) is 5.73 Å². The van der Waals surface area contributed by atoms with E-state index in [-0.39, 0.29) is 18.0 Å². The van der Waals surface area contributed by atoms with Crippen LogP contribution in [0.3, 0.4) is 0 Å². The quantitative estimate of drug-likeness (QED) is 0.793. The maximum Gasteiger partial charge on any atom is 0.390 e. The lowest BCUT2D eigenvalue weighted by Crippen LogP contribution is -2.20. The van der Waals surface area contributed by atoms with Gasteiger partial charge in [-0.05, 0) is 17.7 Å². The van der Waals surface area contributed by atoms with Crippen LogP contribution in [0.15, 0.2) is 24.3 Å². The predicted octanol–water partition coefficient (Wildman–Crippen LogP) is 3.20. The summed E-state index contributed by atoms with van der Waals surface area (Å²) in [6, 6.07) is 3.67. The topological polar surface area (TPSA) is 26.0 Å². The minimum Gasteiger partial charge on any atom is -0.324 e. The van der Waals surface area contributed by atoms with Crippen LogP contribution in [0.25, 0.3) is 0 Å². The Balaban J connectivity index is 0.00000196. The van der Waals surface area contributed by atoms with Gasteiger partial charge < -0.3 is 5.73 Å². The van der Waals surface area contributed by atoms with Crippen molar-refractivity contribution in [3.05, 3.63) is 35.6 Å². The lowest BCUT2D eigenvalue weighted by atomic mass is 10.0. The summed E-state index contributed by atoms with van der Waals surface area (Å²) in [6.45, 7) is 0. The molecule has 0 aliphatic carbocycles. The molecule has 0 bridgehead atoms. The van der Waals surface area contributed by atoms with Gasteiger partial charge in [0, 0.05) is 6.04 Å². The van der Waals surface area contributed by atoms with Crippen molar-refractivity contribution >= 4 is 12.4 Å². The molecule has 1 aromatic carbocycles. The lowest BCUT2D eigenvalue weighted by Gasteiger charge is -2.14. The zero-order valence-electron chi connectivity index (χ0n) is 7.59. The lowest BCUT2D eigenvalue weighted by molar-refractivity contribution is -0.138. The second-order valence-corrected chi connectivity index (χ2v) is 2.98. The van der Waals surface area contributed by atoms with Crippen LogP contribution in [-0.2, 0) is 0 Å². The molecule has 6 heteroatoms. The molecule has 86 valence electrons. The molecule has 0 aliphatic rings. The summed E-state index contributed by atoms with van der Waals surface area (Å²) < 4.78 is 48.4. The predicted molar refractivity (Wildman–Crippen MR) is 51.2 cm³/mol. The van der Waals surface area contributed by atoms with Gasteiger partial charge in [-0.25, -0.2) is 4.39 Å². The van der Waals surface area contributed by atoms with Gasteiger partial charge in [-0.15, -0.1) is 12.4 Å². The highest BCUT2D eigenvalue weighted by atomic mass is 35.5. The molecule has 0 amide bonds. The van der Waals surface area contributed by atoms with E-state index in [0.717, 1.165) is 12.1 Å². The Morgan fingerprint density at radius 3 is 2.33 bits per heavy atom. The highest BCUT2D eigenvalue weighted by molar-refractivity contribution is 5.85. The van der Waals surface area contributed by atoms with Crippen molar-refractivity contribution in [1.29, 1.82) is 0 Å². The largest absolute Gasteiger partial charge is 0.390 e. The molecule has 0 aliphatic heterocycles. The van der Waals surface area contributed by atoms with E-state index in [2.05, 4.69) is 0 Å². The van der Waals surface area contributed by atoms with Crippen molar-refractivity contribution in [1.82, 2.24) is 0 Å². The van der Waals surface area contributed by atoms with E-state index in [1.54, 1.807) is 0 Å². The summed E-state index contributed by atoms with van der Waals surface area (Å²) in [5, 5.41) is 0. The Kier molecular flexibility index (Phi) is 5.03.